The molecule has 0 spiro atoms. The first kappa shape index (κ1) is 28.6. The van der Waals surface area contributed by atoms with Crippen molar-refractivity contribution < 1.29 is 52.8 Å². The minimum absolute atomic E-state index is 0.00107. The fourth-order valence-electron chi connectivity index (χ4n) is 5.62. The predicted octanol–water partition coefficient (Wildman–Crippen LogP) is 1.44. The maximum Gasteiger partial charge on any atom is 0.337 e. The summed E-state index contributed by atoms with van der Waals surface area (Å²) in [6.07, 6.45) is 2.52. The highest BCUT2D eigenvalue weighted by molar-refractivity contribution is 5.97. The summed E-state index contributed by atoms with van der Waals surface area (Å²) in [4.78, 5) is 65.2. The zero-order valence-corrected chi connectivity index (χ0v) is 21.7. The molecule has 1 fully saturated rings. The minimum atomic E-state index is -2.54. The molecule has 2 aliphatic rings. The Morgan fingerprint density at radius 3 is 2.00 bits per heavy atom. The summed E-state index contributed by atoms with van der Waals surface area (Å²) in [7, 11) is 4.25. The Hall–Kier alpha value is -3.99. The Kier molecular flexibility index (Phi) is 8.72. The standard InChI is InChI=1S/C27H30O11/c1-14-13-16-18(23(29)34-2)22(38-17(28)12-11-15-9-7-6-8-10-15)21(26(32)37-5)27(33,19(14)24(30)35-3)20(16)25(31)36-4/h6-12,14,16,19-21,33H,13H2,1-5H3/b12-11+/t14-,16+,19-,20-,21?,27-/m1/s1. The monoisotopic (exact) mass is 530 g/mol. The zero-order chi connectivity index (χ0) is 28.2. The molecule has 11 nitrogen and oxygen atoms in total. The zero-order valence-electron chi connectivity index (χ0n) is 21.7. The first-order chi connectivity index (χ1) is 18.1. The van der Waals surface area contributed by atoms with Gasteiger partial charge in [0.05, 0.1) is 45.8 Å². The van der Waals surface area contributed by atoms with E-state index >= 15 is 0 Å². The molecule has 0 aliphatic heterocycles. The number of aliphatic hydroxyl groups is 1. The highest BCUT2D eigenvalue weighted by Gasteiger charge is 2.71. The first-order valence-electron chi connectivity index (χ1n) is 11.8. The number of hydrogen-bond acceptors (Lipinski definition) is 11. The van der Waals surface area contributed by atoms with Gasteiger partial charge in [0.25, 0.3) is 0 Å². The van der Waals surface area contributed by atoms with E-state index < -0.39 is 70.8 Å². The van der Waals surface area contributed by atoms with Gasteiger partial charge in [0, 0.05) is 12.0 Å². The van der Waals surface area contributed by atoms with E-state index in [9.17, 15) is 29.1 Å². The Morgan fingerprint density at radius 2 is 1.45 bits per heavy atom. The molecule has 2 bridgehead atoms. The second-order valence-corrected chi connectivity index (χ2v) is 9.10. The molecule has 2 aliphatic carbocycles. The molecular formula is C27H30O11. The molecule has 1 aromatic carbocycles. The molecule has 11 heteroatoms. The van der Waals surface area contributed by atoms with Gasteiger partial charge in [-0.15, -0.1) is 0 Å². The van der Waals surface area contributed by atoms with Gasteiger partial charge in [-0.2, -0.15) is 0 Å². The van der Waals surface area contributed by atoms with Crippen LogP contribution in [0.5, 0.6) is 0 Å². The van der Waals surface area contributed by atoms with E-state index in [4.69, 9.17) is 23.7 Å². The normalized spacial score (nSPS) is 28.3. The Labute approximate surface area is 219 Å². The van der Waals surface area contributed by atoms with Crippen LogP contribution in [-0.4, -0.2) is 69.0 Å². The van der Waals surface area contributed by atoms with E-state index in [-0.39, 0.29) is 12.0 Å². The molecule has 0 aromatic heterocycles. The van der Waals surface area contributed by atoms with Crippen molar-refractivity contribution >= 4 is 35.9 Å². The van der Waals surface area contributed by atoms with E-state index in [1.807, 2.05) is 0 Å². The fraction of sp³-hybridized carbons (Fsp3) is 0.444. The van der Waals surface area contributed by atoms with E-state index in [1.165, 1.54) is 6.08 Å². The molecule has 204 valence electrons. The smallest absolute Gasteiger partial charge is 0.337 e. The highest BCUT2D eigenvalue weighted by atomic mass is 16.6. The molecule has 38 heavy (non-hydrogen) atoms. The lowest BCUT2D eigenvalue weighted by atomic mass is 9.50. The number of fused-ring (bicyclic) bond motifs is 2. The van der Waals surface area contributed by atoms with Gasteiger partial charge >= 0.3 is 29.8 Å². The van der Waals surface area contributed by atoms with Gasteiger partial charge in [-0.25, -0.2) is 9.59 Å². The number of ether oxygens (including phenoxy) is 5. The van der Waals surface area contributed by atoms with E-state index in [0.717, 1.165) is 34.5 Å². The van der Waals surface area contributed by atoms with E-state index in [0.29, 0.717) is 5.56 Å². The van der Waals surface area contributed by atoms with E-state index in [1.54, 1.807) is 37.3 Å². The number of methoxy groups -OCH3 is 4. The van der Waals surface area contributed by atoms with Crippen molar-refractivity contribution in [3.8, 4) is 0 Å². The van der Waals surface area contributed by atoms with Gasteiger partial charge in [-0.3, -0.25) is 14.4 Å². The highest BCUT2D eigenvalue weighted by Crippen LogP contribution is 2.58. The lowest BCUT2D eigenvalue weighted by Crippen LogP contribution is -2.68. The molecule has 1 unspecified atom stereocenters. The van der Waals surface area contributed by atoms with Crippen LogP contribution in [0.2, 0.25) is 0 Å². The quantitative estimate of drug-likeness (QED) is 0.310. The van der Waals surface area contributed by atoms with Crippen molar-refractivity contribution in [2.45, 2.75) is 18.9 Å². The molecule has 1 N–H and O–H groups in total. The number of benzene rings is 1. The Morgan fingerprint density at radius 1 is 0.868 bits per heavy atom. The summed E-state index contributed by atoms with van der Waals surface area (Å²) >= 11 is 0. The lowest BCUT2D eigenvalue weighted by molar-refractivity contribution is -0.212. The SMILES string of the molecule is COC(=O)C1=C(OC(=O)/C=C/c2ccccc2)C(C(=O)OC)[C@@]2(O)[C@@H](C(=O)OC)[C@H](C)C[C@@H]1[C@@H]2C(=O)OC. The number of carbonyl (C=O) groups excluding carboxylic acids is 5. The fourth-order valence-corrected chi connectivity index (χ4v) is 5.62. The third kappa shape index (κ3) is 4.93. The van der Waals surface area contributed by atoms with Crippen LogP contribution in [0.4, 0.5) is 0 Å². The average Bonchev–Trinajstić information content (AvgIpc) is 2.91. The van der Waals surface area contributed by atoms with E-state index in [2.05, 4.69) is 0 Å². The maximum atomic E-state index is 13.2. The van der Waals surface area contributed by atoms with Crippen LogP contribution in [0.25, 0.3) is 6.08 Å². The summed E-state index contributed by atoms with van der Waals surface area (Å²) in [5.41, 5.74) is -2.17. The van der Waals surface area contributed by atoms with Crippen LogP contribution in [-0.2, 0) is 47.7 Å². The van der Waals surface area contributed by atoms with Crippen molar-refractivity contribution in [2.24, 2.45) is 29.6 Å². The molecule has 3 rings (SSSR count). The van der Waals surface area contributed by atoms with Gasteiger partial charge < -0.3 is 28.8 Å². The van der Waals surface area contributed by atoms with Crippen LogP contribution in [0.1, 0.15) is 18.9 Å². The van der Waals surface area contributed by atoms with Gasteiger partial charge in [-0.1, -0.05) is 37.3 Å². The largest absolute Gasteiger partial charge is 0.469 e. The number of carbonyl (C=O) groups is 5. The molecule has 6 atom stereocenters. The van der Waals surface area contributed by atoms with Crippen molar-refractivity contribution in [2.75, 3.05) is 28.4 Å². The molecular weight excluding hydrogens is 500 g/mol. The molecule has 0 heterocycles. The Balaban J connectivity index is 2.28. The van der Waals surface area contributed by atoms with Crippen LogP contribution >= 0.6 is 0 Å². The van der Waals surface area contributed by atoms with Gasteiger partial charge in [-0.05, 0) is 24.0 Å². The summed E-state index contributed by atoms with van der Waals surface area (Å²) in [5, 5.41) is 12.2. The average molecular weight is 531 g/mol. The van der Waals surface area contributed by atoms with Crippen LogP contribution in [0.15, 0.2) is 47.7 Å². The summed E-state index contributed by atoms with van der Waals surface area (Å²) in [6.45, 7) is 1.61. The third-order valence-electron chi connectivity index (χ3n) is 7.13. The van der Waals surface area contributed by atoms with Gasteiger partial charge in [0.2, 0.25) is 0 Å². The summed E-state index contributed by atoms with van der Waals surface area (Å²) in [5.74, 6) is -12.4. The number of esters is 5. The van der Waals surface area contributed by atoms with Crippen LogP contribution in [0, 0.1) is 29.6 Å². The van der Waals surface area contributed by atoms with Gasteiger partial charge in [0.15, 0.2) is 0 Å². The summed E-state index contributed by atoms with van der Waals surface area (Å²) in [6, 6.07) is 8.78. The van der Waals surface area contributed by atoms with Crippen molar-refractivity contribution in [3.63, 3.8) is 0 Å². The molecule has 0 radical (unpaired) electrons. The maximum absolute atomic E-state index is 13.2. The second-order valence-electron chi connectivity index (χ2n) is 9.10. The Bertz CT molecular complexity index is 1170. The van der Waals surface area contributed by atoms with Crippen molar-refractivity contribution in [3.05, 3.63) is 53.3 Å². The minimum Gasteiger partial charge on any atom is -0.469 e. The number of rotatable bonds is 7. The molecule has 1 aromatic rings. The van der Waals surface area contributed by atoms with Crippen LogP contribution in [0.3, 0.4) is 0 Å². The number of hydrogen-bond donors (Lipinski definition) is 1. The third-order valence-corrected chi connectivity index (χ3v) is 7.13. The van der Waals surface area contributed by atoms with Crippen LogP contribution < -0.4 is 0 Å². The first-order valence-corrected chi connectivity index (χ1v) is 11.8. The molecule has 1 saturated carbocycles. The van der Waals surface area contributed by atoms with Gasteiger partial charge in [0.1, 0.15) is 17.3 Å². The topological polar surface area (TPSA) is 152 Å². The van der Waals surface area contributed by atoms with Crippen molar-refractivity contribution in [1.82, 2.24) is 0 Å². The molecule has 0 saturated heterocycles. The predicted molar refractivity (Wildman–Crippen MR) is 129 cm³/mol. The second kappa shape index (κ2) is 11.6. The summed E-state index contributed by atoms with van der Waals surface area (Å²) < 4.78 is 25.2. The lowest BCUT2D eigenvalue weighted by Gasteiger charge is -2.55. The molecule has 0 amide bonds. The van der Waals surface area contributed by atoms with Crippen molar-refractivity contribution in [1.29, 1.82) is 0 Å².